The van der Waals surface area contributed by atoms with Crippen molar-refractivity contribution in [3.05, 3.63) is 52.3 Å². The van der Waals surface area contributed by atoms with Crippen LogP contribution in [0.15, 0.2) is 29.2 Å². The molecule has 0 bridgehead atoms. The van der Waals surface area contributed by atoms with Crippen molar-refractivity contribution in [2.75, 3.05) is 26.4 Å². The number of nitrogens with one attached hydrogen (secondary N) is 1. The van der Waals surface area contributed by atoms with E-state index in [1.807, 2.05) is 13.8 Å². The molecule has 0 aliphatic rings. The summed E-state index contributed by atoms with van der Waals surface area (Å²) in [6.07, 6.45) is 0.440. The van der Waals surface area contributed by atoms with Gasteiger partial charge in [-0.2, -0.15) is 4.31 Å². The predicted octanol–water partition coefficient (Wildman–Crippen LogP) is 3.81. The number of esters is 1. The molecule has 1 heterocycles. The first-order chi connectivity index (χ1) is 15.6. The van der Waals surface area contributed by atoms with Crippen molar-refractivity contribution in [3.63, 3.8) is 0 Å². The number of ether oxygens (including phenoxy) is 2. The van der Waals surface area contributed by atoms with Crippen molar-refractivity contribution < 1.29 is 27.5 Å². The Hall–Kier alpha value is -2.49. The smallest absolute Gasteiger partial charge is 0.355 e. The van der Waals surface area contributed by atoms with Crippen molar-refractivity contribution in [1.29, 1.82) is 0 Å². The molecule has 0 saturated carbocycles. The lowest BCUT2D eigenvalue weighted by atomic mass is 10.0. The summed E-state index contributed by atoms with van der Waals surface area (Å²) in [6, 6.07) is 5.56. The average molecular weight is 479 g/mol. The van der Waals surface area contributed by atoms with Gasteiger partial charge < -0.3 is 14.5 Å². The molecule has 33 heavy (non-hydrogen) atoms. The molecule has 8 nitrogen and oxygen atoms in total. The Kier molecular flexibility index (Phi) is 9.39. The zero-order valence-corrected chi connectivity index (χ0v) is 21.0. The van der Waals surface area contributed by atoms with Crippen LogP contribution in [0.4, 0.5) is 0 Å². The molecule has 1 unspecified atom stereocenters. The van der Waals surface area contributed by atoms with E-state index >= 15 is 0 Å². The molecular weight excluding hydrogens is 444 g/mol. The Morgan fingerprint density at radius 2 is 1.70 bits per heavy atom. The number of Topliss-reactive ketones (excluding diaryl/α,β-unsaturated/α-hetero) is 1. The van der Waals surface area contributed by atoms with Crippen molar-refractivity contribution in [1.82, 2.24) is 9.29 Å². The molecule has 0 spiro atoms. The Bertz CT molecular complexity index is 1070. The SMILES string of the molecule is CCOCCCN(C(C)C(=O)c1c(C)[nH]c(C(=O)OCC)c1C)S(=O)(=O)c1ccc(C)cc1. The molecule has 0 fully saturated rings. The van der Waals surface area contributed by atoms with E-state index in [0.29, 0.717) is 36.5 Å². The first-order valence-corrected chi connectivity index (χ1v) is 12.6. The Morgan fingerprint density at radius 1 is 1.06 bits per heavy atom. The van der Waals surface area contributed by atoms with E-state index in [1.165, 1.54) is 4.31 Å². The number of aryl methyl sites for hydroxylation is 2. The average Bonchev–Trinajstić information content (AvgIpc) is 3.07. The molecule has 182 valence electrons. The van der Waals surface area contributed by atoms with Gasteiger partial charge in [0.05, 0.1) is 17.5 Å². The zero-order valence-electron chi connectivity index (χ0n) is 20.2. The number of sulfonamides is 1. The number of carbonyl (C=O) groups excluding carboxylic acids is 2. The first kappa shape index (κ1) is 26.8. The Labute approximate surface area is 196 Å². The van der Waals surface area contributed by atoms with E-state index < -0.39 is 22.0 Å². The van der Waals surface area contributed by atoms with Crippen LogP contribution < -0.4 is 0 Å². The first-order valence-electron chi connectivity index (χ1n) is 11.1. The molecule has 0 amide bonds. The lowest BCUT2D eigenvalue weighted by molar-refractivity contribution is 0.0519. The highest BCUT2D eigenvalue weighted by atomic mass is 32.2. The number of aromatic amines is 1. The van der Waals surface area contributed by atoms with E-state index in [2.05, 4.69) is 4.98 Å². The van der Waals surface area contributed by atoms with Gasteiger partial charge in [-0.05, 0) is 65.7 Å². The molecule has 0 saturated heterocycles. The van der Waals surface area contributed by atoms with Crippen molar-refractivity contribution >= 4 is 21.8 Å². The Morgan fingerprint density at radius 3 is 2.27 bits per heavy atom. The third kappa shape index (κ3) is 6.10. The highest BCUT2D eigenvalue weighted by Gasteiger charge is 2.35. The van der Waals surface area contributed by atoms with Crippen molar-refractivity contribution in [2.24, 2.45) is 0 Å². The molecule has 1 atom stereocenters. The van der Waals surface area contributed by atoms with E-state index in [-0.39, 0.29) is 29.5 Å². The van der Waals surface area contributed by atoms with Crippen LogP contribution in [0.3, 0.4) is 0 Å². The van der Waals surface area contributed by atoms with Gasteiger partial charge in [0.25, 0.3) is 0 Å². The number of H-pyrrole nitrogens is 1. The van der Waals surface area contributed by atoms with E-state index in [1.54, 1.807) is 52.0 Å². The van der Waals surface area contributed by atoms with Gasteiger partial charge in [-0.3, -0.25) is 4.79 Å². The van der Waals surface area contributed by atoms with E-state index in [4.69, 9.17) is 9.47 Å². The third-order valence-corrected chi connectivity index (χ3v) is 7.46. The lowest BCUT2D eigenvalue weighted by Crippen LogP contribution is -2.44. The summed E-state index contributed by atoms with van der Waals surface area (Å²) < 4.78 is 38.7. The van der Waals surface area contributed by atoms with Gasteiger partial charge in [-0.1, -0.05) is 17.7 Å². The van der Waals surface area contributed by atoms with Gasteiger partial charge in [-0.15, -0.1) is 0 Å². The highest BCUT2D eigenvalue weighted by Crippen LogP contribution is 2.25. The maximum Gasteiger partial charge on any atom is 0.355 e. The maximum absolute atomic E-state index is 13.5. The van der Waals surface area contributed by atoms with Crippen LogP contribution in [-0.4, -0.2) is 61.9 Å². The maximum atomic E-state index is 13.5. The topological polar surface area (TPSA) is 106 Å². The third-order valence-electron chi connectivity index (χ3n) is 5.47. The summed E-state index contributed by atoms with van der Waals surface area (Å²) in [5, 5.41) is 0. The van der Waals surface area contributed by atoms with E-state index in [0.717, 1.165) is 5.56 Å². The van der Waals surface area contributed by atoms with E-state index in [9.17, 15) is 18.0 Å². The van der Waals surface area contributed by atoms with Crippen molar-refractivity contribution in [2.45, 2.75) is 58.9 Å². The molecule has 1 aromatic heterocycles. The second kappa shape index (κ2) is 11.6. The number of nitrogens with zero attached hydrogens (tertiary/aromatic N) is 1. The molecular formula is C24H34N2O6S. The highest BCUT2D eigenvalue weighted by molar-refractivity contribution is 7.89. The number of ketones is 1. The van der Waals surface area contributed by atoms with Crippen LogP contribution in [0.1, 0.15) is 64.9 Å². The second-order valence-corrected chi connectivity index (χ2v) is 9.76. The van der Waals surface area contributed by atoms with Gasteiger partial charge in [0.2, 0.25) is 10.0 Å². The normalized spacial score (nSPS) is 12.7. The fraction of sp³-hybridized carbons (Fsp3) is 0.500. The number of benzene rings is 1. The van der Waals surface area contributed by atoms with Gasteiger partial charge in [0.15, 0.2) is 5.78 Å². The van der Waals surface area contributed by atoms with Crippen molar-refractivity contribution in [3.8, 4) is 0 Å². The molecule has 1 N–H and O–H groups in total. The van der Waals surface area contributed by atoms with Gasteiger partial charge in [0, 0.05) is 31.0 Å². The minimum atomic E-state index is -3.95. The summed E-state index contributed by atoms with van der Waals surface area (Å²) in [5.41, 5.74) is 2.39. The number of carbonyl (C=O) groups is 2. The molecule has 2 aromatic rings. The minimum absolute atomic E-state index is 0.121. The monoisotopic (exact) mass is 478 g/mol. The van der Waals surface area contributed by atoms with Crippen LogP contribution in [0.2, 0.25) is 0 Å². The van der Waals surface area contributed by atoms with Gasteiger partial charge in [-0.25, -0.2) is 13.2 Å². The zero-order chi connectivity index (χ0) is 24.8. The summed E-state index contributed by atoms with van der Waals surface area (Å²) in [4.78, 5) is 28.8. The number of rotatable bonds is 12. The summed E-state index contributed by atoms with van der Waals surface area (Å²) in [5.74, 6) is -0.936. The second-order valence-electron chi connectivity index (χ2n) is 7.86. The molecule has 0 aliphatic heterocycles. The fourth-order valence-corrected chi connectivity index (χ4v) is 5.33. The van der Waals surface area contributed by atoms with Crippen LogP contribution in [0, 0.1) is 20.8 Å². The standard InChI is InChI=1S/C24H34N2O6S/c1-7-31-15-9-14-26(33(29,30)20-12-10-16(3)11-13-20)19(6)23(27)21-17(4)22(25-18(21)5)24(28)32-8-2/h10-13,19,25H,7-9,14-15H2,1-6H3. The summed E-state index contributed by atoms with van der Waals surface area (Å²) in [6.45, 7) is 11.6. The van der Waals surface area contributed by atoms with Gasteiger partial charge >= 0.3 is 5.97 Å². The number of hydrogen-bond donors (Lipinski definition) is 1. The molecule has 1 aromatic carbocycles. The number of hydrogen-bond acceptors (Lipinski definition) is 6. The fourth-order valence-electron chi connectivity index (χ4n) is 3.70. The van der Waals surface area contributed by atoms with Crippen LogP contribution in [-0.2, 0) is 19.5 Å². The van der Waals surface area contributed by atoms with Crippen LogP contribution >= 0.6 is 0 Å². The number of aromatic nitrogens is 1. The molecule has 2 rings (SSSR count). The Balaban J connectivity index is 2.44. The minimum Gasteiger partial charge on any atom is -0.461 e. The quantitative estimate of drug-likeness (QED) is 0.283. The molecule has 9 heteroatoms. The summed E-state index contributed by atoms with van der Waals surface area (Å²) in [7, 11) is -3.95. The lowest BCUT2D eigenvalue weighted by Gasteiger charge is -2.28. The van der Waals surface area contributed by atoms with Crippen LogP contribution in [0.25, 0.3) is 0 Å². The largest absolute Gasteiger partial charge is 0.461 e. The van der Waals surface area contributed by atoms with Gasteiger partial charge in [0.1, 0.15) is 5.69 Å². The predicted molar refractivity (Wildman–Crippen MR) is 126 cm³/mol. The molecule has 0 aliphatic carbocycles. The van der Waals surface area contributed by atoms with Crippen LogP contribution in [0.5, 0.6) is 0 Å². The summed E-state index contributed by atoms with van der Waals surface area (Å²) >= 11 is 0. The molecule has 0 radical (unpaired) electrons.